The van der Waals surface area contributed by atoms with Crippen molar-refractivity contribution in [1.82, 2.24) is 5.43 Å². The van der Waals surface area contributed by atoms with Crippen molar-refractivity contribution in [2.24, 2.45) is 16.9 Å². The molecule has 3 aliphatic carbocycles. The molecule has 9 heteroatoms. The summed E-state index contributed by atoms with van der Waals surface area (Å²) in [6.45, 7) is 0. The molecule has 0 spiro atoms. The van der Waals surface area contributed by atoms with Crippen molar-refractivity contribution in [3.05, 3.63) is 141 Å². The van der Waals surface area contributed by atoms with Crippen molar-refractivity contribution in [3.63, 3.8) is 0 Å². The molecule has 1 aliphatic heterocycles. The van der Waals surface area contributed by atoms with E-state index in [1.807, 2.05) is 78.9 Å². The number of nitrogens with zero attached hydrogens (tertiary/aromatic N) is 3. The first-order valence-corrected chi connectivity index (χ1v) is 13.6. The predicted octanol–water partition coefficient (Wildman–Crippen LogP) is 4.49. The molecule has 1 saturated heterocycles. The van der Waals surface area contributed by atoms with Crippen LogP contribution in [0.1, 0.15) is 33.7 Å². The van der Waals surface area contributed by atoms with E-state index in [4.69, 9.17) is 0 Å². The third kappa shape index (κ3) is 3.63. The lowest BCUT2D eigenvalue weighted by molar-refractivity contribution is -0.384. The van der Waals surface area contributed by atoms with Gasteiger partial charge in [0.15, 0.2) is 0 Å². The summed E-state index contributed by atoms with van der Waals surface area (Å²) in [4.78, 5) is 53.2. The van der Waals surface area contributed by atoms with Gasteiger partial charge in [-0.25, -0.2) is 10.3 Å². The second-order valence-corrected chi connectivity index (χ2v) is 10.8. The van der Waals surface area contributed by atoms with Gasteiger partial charge in [-0.15, -0.1) is 0 Å². The number of carbonyl (C=O) groups excluding carboxylic acids is 3. The summed E-state index contributed by atoms with van der Waals surface area (Å²) < 4.78 is 0. The number of rotatable bonds is 6. The van der Waals surface area contributed by atoms with Crippen molar-refractivity contribution < 1.29 is 19.3 Å². The van der Waals surface area contributed by atoms with E-state index in [-0.39, 0.29) is 35.5 Å². The number of nitro benzene ring substituents is 1. The van der Waals surface area contributed by atoms with E-state index in [1.54, 1.807) is 6.21 Å². The topological polar surface area (TPSA) is 122 Å². The van der Waals surface area contributed by atoms with Crippen LogP contribution in [0.4, 0.5) is 11.4 Å². The normalized spacial score (nSPS) is 23.4. The minimum atomic E-state index is -1.13. The molecular formula is C33H24N4O5. The Morgan fingerprint density at radius 2 is 1.45 bits per heavy atom. The molecule has 0 radical (unpaired) electrons. The van der Waals surface area contributed by atoms with Gasteiger partial charge in [0.1, 0.15) is 0 Å². The predicted molar refractivity (Wildman–Crippen MR) is 155 cm³/mol. The molecular weight excluding hydrogens is 532 g/mol. The van der Waals surface area contributed by atoms with Gasteiger partial charge in [0.2, 0.25) is 17.7 Å². The van der Waals surface area contributed by atoms with Crippen molar-refractivity contribution in [1.29, 1.82) is 0 Å². The summed E-state index contributed by atoms with van der Waals surface area (Å²) in [5, 5.41) is 15.6. The highest BCUT2D eigenvalue weighted by atomic mass is 16.6. The minimum Gasteiger partial charge on any atom is -0.274 e. The highest BCUT2D eigenvalue weighted by Gasteiger charge is 2.68. The highest BCUT2D eigenvalue weighted by molar-refractivity contribution is 6.25. The SMILES string of the molecule is O=C(Cc1ccccc1)N/N=C\C12c3ccccc3C(c3ccccc31)[C@@H]1C(=O)N(c3ccc([N+](=O)[O-])cc3)C(=O)[C@@H]12. The van der Waals surface area contributed by atoms with Gasteiger partial charge in [0, 0.05) is 24.3 Å². The molecule has 2 atom stereocenters. The Morgan fingerprint density at radius 3 is 2.07 bits per heavy atom. The Balaban J connectivity index is 1.35. The molecule has 1 fully saturated rings. The van der Waals surface area contributed by atoms with Gasteiger partial charge in [-0.05, 0) is 39.9 Å². The number of nitrogens with one attached hydrogen (secondary N) is 1. The second-order valence-electron chi connectivity index (χ2n) is 10.8. The molecule has 3 amide bonds. The lowest BCUT2D eigenvalue weighted by Crippen LogP contribution is -2.54. The van der Waals surface area contributed by atoms with Crippen LogP contribution in [0, 0.1) is 22.0 Å². The summed E-state index contributed by atoms with van der Waals surface area (Å²) in [7, 11) is 0. The number of imide groups is 1. The van der Waals surface area contributed by atoms with Crippen LogP contribution in [0.3, 0.4) is 0 Å². The molecule has 8 rings (SSSR count). The van der Waals surface area contributed by atoms with Gasteiger partial charge in [0.25, 0.3) is 5.69 Å². The van der Waals surface area contributed by atoms with Crippen LogP contribution < -0.4 is 10.3 Å². The summed E-state index contributed by atoms with van der Waals surface area (Å²) in [5.74, 6) is -2.98. The zero-order valence-corrected chi connectivity index (χ0v) is 22.2. The van der Waals surface area contributed by atoms with E-state index in [9.17, 15) is 24.5 Å². The third-order valence-corrected chi connectivity index (χ3v) is 8.67. The highest BCUT2D eigenvalue weighted by Crippen LogP contribution is 2.63. The Morgan fingerprint density at radius 1 is 0.857 bits per heavy atom. The number of amides is 3. The molecule has 0 unspecified atom stereocenters. The number of hydrogen-bond donors (Lipinski definition) is 1. The quantitative estimate of drug-likeness (QED) is 0.162. The fourth-order valence-corrected chi connectivity index (χ4v) is 7.05. The number of carbonyl (C=O) groups is 3. The van der Waals surface area contributed by atoms with Crippen LogP contribution in [-0.4, -0.2) is 28.9 Å². The second kappa shape index (κ2) is 9.59. The van der Waals surface area contributed by atoms with Gasteiger partial charge in [-0.1, -0.05) is 78.9 Å². The van der Waals surface area contributed by atoms with Gasteiger partial charge >= 0.3 is 0 Å². The average Bonchev–Trinajstić information content (AvgIpc) is 3.28. The van der Waals surface area contributed by atoms with Gasteiger partial charge in [-0.3, -0.25) is 24.5 Å². The van der Waals surface area contributed by atoms with Crippen molar-refractivity contribution in [2.75, 3.05) is 4.90 Å². The van der Waals surface area contributed by atoms with E-state index < -0.39 is 28.1 Å². The maximum absolute atomic E-state index is 14.3. The van der Waals surface area contributed by atoms with E-state index >= 15 is 0 Å². The van der Waals surface area contributed by atoms with Crippen molar-refractivity contribution in [2.45, 2.75) is 17.8 Å². The first-order chi connectivity index (χ1) is 20.4. The van der Waals surface area contributed by atoms with E-state index in [0.717, 1.165) is 32.7 Å². The third-order valence-electron chi connectivity index (χ3n) is 8.67. The molecule has 0 aromatic heterocycles. The molecule has 0 saturated carbocycles. The first kappa shape index (κ1) is 25.5. The maximum Gasteiger partial charge on any atom is 0.269 e. The summed E-state index contributed by atoms with van der Waals surface area (Å²) in [5.41, 5.74) is 6.09. The van der Waals surface area contributed by atoms with Crippen LogP contribution in [0.5, 0.6) is 0 Å². The first-order valence-electron chi connectivity index (χ1n) is 13.6. The summed E-state index contributed by atoms with van der Waals surface area (Å²) >= 11 is 0. The number of hydrazone groups is 1. The molecule has 4 aromatic carbocycles. The Labute approximate surface area is 240 Å². The maximum atomic E-state index is 14.3. The lowest BCUT2D eigenvalue weighted by Gasteiger charge is -2.52. The number of hydrogen-bond acceptors (Lipinski definition) is 6. The van der Waals surface area contributed by atoms with Crippen molar-refractivity contribution >= 4 is 35.3 Å². The Hall–Kier alpha value is -5.44. The van der Waals surface area contributed by atoms with Crippen LogP contribution >= 0.6 is 0 Å². The van der Waals surface area contributed by atoms with Gasteiger partial charge in [-0.2, -0.15) is 5.10 Å². The molecule has 4 aromatic rings. The molecule has 42 heavy (non-hydrogen) atoms. The standard InChI is InChI=1S/C33H24N4O5/c38-27(18-20-8-2-1-3-9-20)35-34-19-33-25-12-6-4-10-23(25)28(24-11-5-7-13-26(24)33)29-30(33)32(40)36(31(29)39)21-14-16-22(17-15-21)37(41)42/h1-17,19,28-30H,18H2,(H,35,38)/b34-19-/t28?,29-,30+,33?/m0/s1. The van der Waals surface area contributed by atoms with Crippen LogP contribution in [-0.2, 0) is 26.2 Å². The number of non-ortho nitro benzene ring substituents is 1. The fraction of sp³-hybridized carbons (Fsp3) is 0.152. The zero-order chi connectivity index (χ0) is 29.0. The lowest BCUT2D eigenvalue weighted by atomic mass is 9.47. The average molecular weight is 557 g/mol. The molecule has 1 heterocycles. The van der Waals surface area contributed by atoms with Crippen LogP contribution in [0.15, 0.2) is 108 Å². The van der Waals surface area contributed by atoms with Crippen LogP contribution in [0.25, 0.3) is 0 Å². The summed E-state index contributed by atoms with van der Waals surface area (Å²) in [6.07, 6.45) is 1.75. The fourth-order valence-electron chi connectivity index (χ4n) is 7.05. The monoisotopic (exact) mass is 556 g/mol. The molecule has 206 valence electrons. The molecule has 4 aliphatic rings. The van der Waals surface area contributed by atoms with E-state index in [0.29, 0.717) is 0 Å². The largest absolute Gasteiger partial charge is 0.274 e. The Bertz CT molecular complexity index is 1750. The van der Waals surface area contributed by atoms with Gasteiger partial charge < -0.3 is 0 Å². The Kier molecular flexibility index (Phi) is 5.83. The molecule has 1 N–H and O–H groups in total. The minimum absolute atomic E-state index is 0.134. The van der Waals surface area contributed by atoms with Crippen molar-refractivity contribution in [3.8, 4) is 0 Å². The molecule has 9 nitrogen and oxygen atoms in total. The zero-order valence-electron chi connectivity index (χ0n) is 22.2. The number of nitro groups is 1. The van der Waals surface area contributed by atoms with E-state index in [1.165, 1.54) is 24.3 Å². The van der Waals surface area contributed by atoms with E-state index in [2.05, 4.69) is 10.5 Å². The molecule has 2 bridgehead atoms. The van der Waals surface area contributed by atoms with Crippen LogP contribution in [0.2, 0.25) is 0 Å². The number of benzene rings is 4. The summed E-state index contributed by atoms with van der Waals surface area (Å²) in [6, 6.07) is 30.3. The smallest absolute Gasteiger partial charge is 0.269 e. The number of anilines is 1. The van der Waals surface area contributed by atoms with Gasteiger partial charge in [0.05, 0.1) is 34.3 Å².